The van der Waals surface area contributed by atoms with Crippen LogP contribution in [0.25, 0.3) is 17.2 Å². The maximum atomic E-state index is 6.03. The van der Waals surface area contributed by atoms with E-state index in [1.807, 2.05) is 7.11 Å². The van der Waals surface area contributed by atoms with Gasteiger partial charge < -0.3 is 4.74 Å². The summed E-state index contributed by atoms with van der Waals surface area (Å²) in [5.74, 6) is 1.60. The molecule has 0 bridgehead atoms. The van der Waals surface area contributed by atoms with Crippen molar-refractivity contribution in [1.82, 2.24) is 0 Å². The summed E-state index contributed by atoms with van der Waals surface area (Å²) in [6.07, 6.45) is 3.46. The van der Waals surface area contributed by atoms with Crippen LogP contribution in [0.1, 0.15) is 62.4 Å². The summed E-state index contributed by atoms with van der Waals surface area (Å²) in [5, 5.41) is 0. The van der Waals surface area contributed by atoms with E-state index in [4.69, 9.17) is 4.74 Å². The first-order valence-corrected chi connectivity index (χ1v) is 9.65. The minimum Gasteiger partial charge on any atom is -0.496 e. The van der Waals surface area contributed by atoms with E-state index >= 15 is 0 Å². The number of hydrogen-bond donors (Lipinski definition) is 0. The molecular formula is C25H32O. The van der Waals surface area contributed by atoms with Crippen LogP contribution in [-0.4, -0.2) is 7.11 Å². The molecule has 0 unspecified atom stereocenters. The molecule has 26 heavy (non-hydrogen) atoms. The van der Waals surface area contributed by atoms with E-state index < -0.39 is 0 Å². The molecule has 0 atom stereocenters. The first-order valence-electron chi connectivity index (χ1n) is 9.65. The topological polar surface area (TPSA) is 9.23 Å². The number of benzene rings is 2. The third-order valence-corrected chi connectivity index (χ3v) is 5.39. The number of ether oxygens (including phenoxy) is 1. The Hall–Kier alpha value is -2.02. The van der Waals surface area contributed by atoms with Gasteiger partial charge in [0.25, 0.3) is 0 Å². The van der Waals surface area contributed by atoms with E-state index in [0.29, 0.717) is 5.92 Å². The van der Waals surface area contributed by atoms with Crippen LogP contribution in [-0.2, 0) is 11.8 Å². The van der Waals surface area contributed by atoms with Crippen LogP contribution < -0.4 is 4.74 Å². The quantitative estimate of drug-likeness (QED) is 0.588. The van der Waals surface area contributed by atoms with Crippen molar-refractivity contribution in [1.29, 1.82) is 0 Å². The molecule has 0 N–H and O–H groups in total. The molecule has 0 fully saturated rings. The molecule has 3 rings (SSSR count). The van der Waals surface area contributed by atoms with Gasteiger partial charge in [0.2, 0.25) is 0 Å². The summed E-state index contributed by atoms with van der Waals surface area (Å²) < 4.78 is 6.03. The van der Waals surface area contributed by atoms with E-state index in [1.54, 1.807) is 0 Å². The summed E-state index contributed by atoms with van der Waals surface area (Å²) in [6, 6.07) is 9.20. The van der Waals surface area contributed by atoms with Crippen molar-refractivity contribution in [2.75, 3.05) is 7.11 Å². The predicted molar refractivity (Wildman–Crippen MR) is 113 cm³/mol. The largest absolute Gasteiger partial charge is 0.496 e. The highest BCUT2D eigenvalue weighted by Gasteiger charge is 2.29. The summed E-state index contributed by atoms with van der Waals surface area (Å²) in [4.78, 5) is 0. The Morgan fingerprint density at radius 2 is 1.58 bits per heavy atom. The molecule has 0 radical (unpaired) electrons. The van der Waals surface area contributed by atoms with Crippen LogP contribution >= 0.6 is 0 Å². The Bertz CT molecular complexity index is 856. The normalized spacial score (nSPS) is 13.8. The fraction of sp³-hybridized carbons (Fsp3) is 0.440. The monoisotopic (exact) mass is 348 g/mol. The second kappa shape index (κ2) is 6.61. The second-order valence-electron chi connectivity index (χ2n) is 9.08. The zero-order valence-corrected chi connectivity index (χ0v) is 17.6. The molecule has 0 amide bonds. The minimum atomic E-state index is 0.0363. The van der Waals surface area contributed by atoms with Crippen LogP contribution in [0.15, 0.2) is 29.8 Å². The van der Waals surface area contributed by atoms with Crippen molar-refractivity contribution >= 4 is 6.08 Å². The van der Waals surface area contributed by atoms with Crippen molar-refractivity contribution in [2.45, 2.75) is 60.3 Å². The molecule has 1 heteroatoms. The second-order valence-corrected chi connectivity index (χ2v) is 9.08. The van der Waals surface area contributed by atoms with Crippen LogP contribution in [0.5, 0.6) is 5.75 Å². The molecule has 0 heterocycles. The van der Waals surface area contributed by atoms with Crippen molar-refractivity contribution < 1.29 is 4.74 Å². The number of allylic oxidation sites excluding steroid dienone is 1. The highest BCUT2D eigenvalue weighted by molar-refractivity contribution is 5.87. The van der Waals surface area contributed by atoms with E-state index in [2.05, 4.69) is 78.8 Å². The lowest BCUT2D eigenvalue weighted by atomic mass is 9.81. The molecule has 1 nitrogen and oxygen atoms in total. The first-order chi connectivity index (χ1) is 12.1. The van der Waals surface area contributed by atoms with Crippen LogP contribution in [0.2, 0.25) is 0 Å². The van der Waals surface area contributed by atoms with E-state index in [9.17, 15) is 0 Å². The number of aryl methyl sites for hydroxylation is 2. The highest BCUT2D eigenvalue weighted by atomic mass is 16.5. The number of fused-ring (bicyclic) bond motifs is 1. The van der Waals surface area contributed by atoms with Gasteiger partial charge in [0.15, 0.2) is 0 Å². The van der Waals surface area contributed by atoms with E-state index in [0.717, 1.165) is 12.2 Å². The third kappa shape index (κ3) is 3.32. The standard InChI is InChI=1S/C25H32O/c1-15(2)18-12-19-14-22(25(5,6)7)24(26-8)23(21(19)13-18)20-10-16(3)9-17(4)11-20/h9-11,13-15H,12H2,1-8H3. The Kier molecular flexibility index (Phi) is 4.77. The fourth-order valence-corrected chi connectivity index (χ4v) is 4.05. The van der Waals surface area contributed by atoms with Gasteiger partial charge in [0.05, 0.1) is 7.11 Å². The smallest absolute Gasteiger partial charge is 0.131 e. The fourth-order valence-electron chi connectivity index (χ4n) is 4.05. The van der Waals surface area contributed by atoms with Gasteiger partial charge in [0, 0.05) is 11.1 Å². The number of rotatable bonds is 3. The van der Waals surface area contributed by atoms with E-state index in [-0.39, 0.29) is 5.41 Å². The van der Waals surface area contributed by atoms with Gasteiger partial charge >= 0.3 is 0 Å². The molecule has 2 aromatic rings. The van der Waals surface area contributed by atoms with Gasteiger partial charge in [-0.2, -0.15) is 0 Å². The van der Waals surface area contributed by atoms with Gasteiger partial charge in [-0.05, 0) is 48.3 Å². The molecule has 0 saturated heterocycles. The van der Waals surface area contributed by atoms with Crippen molar-refractivity contribution in [3.8, 4) is 16.9 Å². The summed E-state index contributed by atoms with van der Waals surface area (Å²) >= 11 is 0. The first kappa shape index (κ1) is 18.8. The van der Waals surface area contributed by atoms with Gasteiger partial charge in [-0.25, -0.2) is 0 Å². The Labute approximate surface area is 159 Å². The molecule has 1 aliphatic carbocycles. The minimum absolute atomic E-state index is 0.0363. The average Bonchev–Trinajstić information content (AvgIpc) is 2.95. The molecule has 0 spiro atoms. The highest BCUT2D eigenvalue weighted by Crippen LogP contribution is 2.47. The van der Waals surface area contributed by atoms with Crippen LogP contribution in [0, 0.1) is 19.8 Å². The molecule has 138 valence electrons. The molecule has 0 aromatic heterocycles. The number of methoxy groups -OCH3 is 1. The average molecular weight is 349 g/mol. The van der Waals surface area contributed by atoms with Gasteiger partial charge in [-0.3, -0.25) is 0 Å². The lowest BCUT2D eigenvalue weighted by Crippen LogP contribution is -2.14. The predicted octanol–water partition coefficient (Wildman–Crippen LogP) is 6.87. The van der Waals surface area contributed by atoms with Gasteiger partial charge in [-0.15, -0.1) is 0 Å². The summed E-state index contributed by atoms with van der Waals surface area (Å²) in [5.41, 5.74) is 10.8. The molecule has 0 aliphatic heterocycles. The van der Waals surface area contributed by atoms with Crippen molar-refractivity contribution in [2.24, 2.45) is 5.92 Å². The van der Waals surface area contributed by atoms with E-state index in [1.165, 1.54) is 44.5 Å². The van der Waals surface area contributed by atoms with Crippen molar-refractivity contribution in [3.63, 3.8) is 0 Å². The maximum Gasteiger partial charge on any atom is 0.131 e. The lowest BCUT2D eigenvalue weighted by Gasteiger charge is -2.26. The maximum absolute atomic E-state index is 6.03. The lowest BCUT2D eigenvalue weighted by molar-refractivity contribution is 0.399. The zero-order chi connectivity index (χ0) is 19.2. The Morgan fingerprint density at radius 1 is 0.962 bits per heavy atom. The van der Waals surface area contributed by atoms with Gasteiger partial charge in [0.1, 0.15) is 5.75 Å². The molecule has 0 saturated carbocycles. The van der Waals surface area contributed by atoms with Gasteiger partial charge in [-0.1, -0.05) is 81.7 Å². The third-order valence-electron chi connectivity index (χ3n) is 5.39. The summed E-state index contributed by atoms with van der Waals surface area (Å²) in [7, 11) is 1.81. The zero-order valence-electron chi connectivity index (χ0n) is 17.6. The molecule has 2 aromatic carbocycles. The Balaban J connectivity index is 2.38. The molecule has 1 aliphatic rings. The van der Waals surface area contributed by atoms with Crippen molar-refractivity contribution in [3.05, 3.63) is 57.7 Å². The molecular weight excluding hydrogens is 316 g/mol. The SMILES string of the molecule is COc1c(C(C)(C)C)cc2c(c1-c1cc(C)cc(C)c1)C=C(C(C)C)C2. The summed E-state index contributed by atoms with van der Waals surface area (Å²) in [6.45, 7) is 15.7. The number of hydrogen-bond acceptors (Lipinski definition) is 1. The van der Waals surface area contributed by atoms with Crippen LogP contribution in [0.4, 0.5) is 0 Å². The Morgan fingerprint density at radius 3 is 2.08 bits per heavy atom. The van der Waals surface area contributed by atoms with Crippen LogP contribution in [0.3, 0.4) is 0 Å².